The average molecular weight is 195 g/mol. The highest BCUT2D eigenvalue weighted by molar-refractivity contribution is 5.37. The van der Waals surface area contributed by atoms with Gasteiger partial charge in [-0.3, -0.25) is 0 Å². The van der Waals surface area contributed by atoms with E-state index in [1.54, 1.807) is 19.2 Å². The first-order chi connectivity index (χ1) is 6.74. The maximum Gasteiger partial charge on any atom is 0.263 e. The van der Waals surface area contributed by atoms with Gasteiger partial charge in [-0.2, -0.15) is 0 Å². The van der Waals surface area contributed by atoms with E-state index < -0.39 is 6.43 Å². The van der Waals surface area contributed by atoms with Crippen LogP contribution in [0.5, 0.6) is 0 Å². The second kappa shape index (κ2) is 5.36. The van der Waals surface area contributed by atoms with Crippen LogP contribution in [0, 0.1) is 11.8 Å². The van der Waals surface area contributed by atoms with Gasteiger partial charge < -0.3 is 5.32 Å². The van der Waals surface area contributed by atoms with Crippen molar-refractivity contribution in [1.29, 1.82) is 0 Å². The summed E-state index contributed by atoms with van der Waals surface area (Å²) in [4.78, 5) is 0. The molecule has 3 heteroatoms. The third-order valence-electron chi connectivity index (χ3n) is 1.64. The van der Waals surface area contributed by atoms with Crippen LogP contribution < -0.4 is 5.32 Å². The van der Waals surface area contributed by atoms with E-state index in [1.165, 1.54) is 12.1 Å². The minimum atomic E-state index is -2.43. The fourth-order valence-electron chi connectivity index (χ4n) is 0.987. The number of rotatable bonds is 2. The number of benzene rings is 1. The second-order valence-corrected chi connectivity index (χ2v) is 2.76. The van der Waals surface area contributed by atoms with Crippen molar-refractivity contribution in [3.8, 4) is 11.8 Å². The molecule has 0 atom stereocenters. The summed E-state index contributed by atoms with van der Waals surface area (Å²) in [7, 11) is 1.78. The maximum atomic E-state index is 12.3. The summed E-state index contributed by atoms with van der Waals surface area (Å²) in [5.41, 5.74) is 0.638. The van der Waals surface area contributed by atoms with Crippen LogP contribution in [0.25, 0.3) is 0 Å². The highest BCUT2D eigenvalue weighted by Gasteiger charge is 2.05. The van der Waals surface area contributed by atoms with Crippen molar-refractivity contribution in [3.63, 3.8) is 0 Å². The predicted octanol–water partition coefficient (Wildman–Crippen LogP) is 2.20. The van der Waals surface area contributed by atoms with Crippen molar-refractivity contribution >= 4 is 0 Å². The van der Waals surface area contributed by atoms with Gasteiger partial charge in [0.15, 0.2) is 0 Å². The molecule has 14 heavy (non-hydrogen) atoms. The van der Waals surface area contributed by atoms with Crippen molar-refractivity contribution in [1.82, 2.24) is 5.32 Å². The summed E-state index contributed by atoms with van der Waals surface area (Å²) in [5.74, 6) is 5.61. The second-order valence-electron chi connectivity index (χ2n) is 2.76. The summed E-state index contributed by atoms with van der Waals surface area (Å²) in [5, 5.41) is 2.85. The molecule has 0 heterocycles. The molecule has 1 aromatic carbocycles. The Bertz CT molecular complexity index is 350. The van der Waals surface area contributed by atoms with Crippen LogP contribution in [0.2, 0.25) is 0 Å². The molecule has 1 nitrogen and oxygen atoms in total. The molecule has 1 N–H and O–H groups in total. The van der Waals surface area contributed by atoms with E-state index in [1.807, 2.05) is 0 Å². The average Bonchev–Trinajstić information content (AvgIpc) is 2.19. The number of halogens is 2. The Morgan fingerprint density at radius 2 is 2.21 bits per heavy atom. The lowest BCUT2D eigenvalue weighted by Crippen LogP contribution is -2.04. The first-order valence-corrected chi connectivity index (χ1v) is 4.25. The largest absolute Gasteiger partial charge is 0.309 e. The molecule has 1 rings (SSSR count). The molecule has 0 aromatic heterocycles. The van der Waals surface area contributed by atoms with Gasteiger partial charge in [-0.1, -0.05) is 24.0 Å². The van der Waals surface area contributed by atoms with Crippen LogP contribution in [0.1, 0.15) is 17.6 Å². The van der Waals surface area contributed by atoms with Crippen LogP contribution in [0.4, 0.5) is 8.78 Å². The summed E-state index contributed by atoms with van der Waals surface area (Å²) < 4.78 is 24.5. The molecule has 74 valence electrons. The minimum Gasteiger partial charge on any atom is -0.309 e. The van der Waals surface area contributed by atoms with E-state index in [0.29, 0.717) is 12.1 Å². The van der Waals surface area contributed by atoms with Crippen LogP contribution in [-0.4, -0.2) is 13.6 Å². The number of alkyl halides is 2. The summed E-state index contributed by atoms with van der Waals surface area (Å²) in [6, 6.07) is 6.11. The Hall–Kier alpha value is -1.40. The molecule has 0 aliphatic heterocycles. The van der Waals surface area contributed by atoms with Crippen LogP contribution in [-0.2, 0) is 0 Å². The molecule has 1 aromatic rings. The topological polar surface area (TPSA) is 12.0 Å². The van der Waals surface area contributed by atoms with E-state index in [2.05, 4.69) is 17.2 Å². The predicted molar refractivity (Wildman–Crippen MR) is 52.2 cm³/mol. The van der Waals surface area contributed by atoms with Gasteiger partial charge >= 0.3 is 0 Å². The fourth-order valence-corrected chi connectivity index (χ4v) is 0.987. The van der Waals surface area contributed by atoms with Crippen LogP contribution in [0.15, 0.2) is 24.3 Å². The van der Waals surface area contributed by atoms with E-state index in [-0.39, 0.29) is 5.56 Å². The van der Waals surface area contributed by atoms with E-state index >= 15 is 0 Å². The third-order valence-corrected chi connectivity index (χ3v) is 1.64. The lowest BCUT2D eigenvalue weighted by atomic mass is 10.1. The molecule has 0 fully saturated rings. The highest BCUT2D eigenvalue weighted by atomic mass is 19.3. The van der Waals surface area contributed by atoms with Crippen molar-refractivity contribution in [2.45, 2.75) is 6.43 Å². The summed E-state index contributed by atoms with van der Waals surface area (Å²) in [6.07, 6.45) is -2.43. The molecule has 0 amide bonds. The summed E-state index contributed by atoms with van der Waals surface area (Å²) >= 11 is 0. The molecular formula is C11H11F2N. The van der Waals surface area contributed by atoms with Gasteiger partial charge in [0, 0.05) is 11.1 Å². The lowest BCUT2D eigenvalue weighted by Gasteiger charge is -1.98. The summed E-state index contributed by atoms with van der Waals surface area (Å²) in [6.45, 7) is 0.554. The molecule has 0 saturated carbocycles. The Balaban J connectivity index is 2.80. The Labute approximate surface area is 82.1 Å². The first-order valence-electron chi connectivity index (χ1n) is 4.25. The van der Waals surface area contributed by atoms with Crippen molar-refractivity contribution in [2.24, 2.45) is 0 Å². The Kier molecular flexibility index (Phi) is 4.09. The fraction of sp³-hybridized carbons (Fsp3) is 0.273. The third kappa shape index (κ3) is 3.15. The zero-order valence-corrected chi connectivity index (χ0v) is 7.85. The molecule has 0 aliphatic carbocycles. The van der Waals surface area contributed by atoms with Gasteiger partial charge in [0.2, 0.25) is 0 Å². The quantitative estimate of drug-likeness (QED) is 0.713. The maximum absolute atomic E-state index is 12.3. The smallest absolute Gasteiger partial charge is 0.263 e. The minimum absolute atomic E-state index is 0.0151. The molecule has 0 spiro atoms. The van der Waals surface area contributed by atoms with Gasteiger partial charge in [-0.15, -0.1) is 0 Å². The highest BCUT2D eigenvalue weighted by Crippen LogP contribution is 2.18. The zero-order chi connectivity index (χ0) is 10.4. The molecular weight excluding hydrogens is 184 g/mol. The molecule has 0 unspecified atom stereocenters. The molecule has 0 aliphatic rings. The molecule has 0 saturated heterocycles. The van der Waals surface area contributed by atoms with Crippen molar-refractivity contribution in [3.05, 3.63) is 35.4 Å². The monoisotopic (exact) mass is 195 g/mol. The van der Waals surface area contributed by atoms with Crippen molar-refractivity contribution in [2.75, 3.05) is 13.6 Å². The zero-order valence-electron chi connectivity index (χ0n) is 7.85. The number of nitrogens with one attached hydrogen (secondary N) is 1. The normalized spacial score (nSPS) is 9.71. The number of hydrogen-bond acceptors (Lipinski definition) is 1. The number of hydrogen-bond donors (Lipinski definition) is 1. The van der Waals surface area contributed by atoms with Gasteiger partial charge in [-0.25, -0.2) is 8.78 Å². The Morgan fingerprint density at radius 3 is 2.86 bits per heavy atom. The van der Waals surface area contributed by atoms with Gasteiger partial charge in [0.05, 0.1) is 6.54 Å². The van der Waals surface area contributed by atoms with Gasteiger partial charge in [0.1, 0.15) is 0 Å². The Morgan fingerprint density at radius 1 is 1.43 bits per heavy atom. The first kappa shape index (κ1) is 10.7. The standard InChI is InChI=1S/C11H11F2N/c1-14-7-3-5-9-4-2-6-10(8-9)11(12)13/h2,4,6,8,11,14H,7H2,1H3. The SMILES string of the molecule is CNCC#Cc1cccc(C(F)F)c1. The van der Waals surface area contributed by atoms with E-state index in [9.17, 15) is 8.78 Å². The van der Waals surface area contributed by atoms with Crippen LogP contribution in [0.3, 0.4) is 0 Å². The van der Waals surface area contributed by atoms with Gasteiger partial charge in [-0.05, 0) is 19.2 Å². The van der Waals surface area contributed by atoms with E-state index in [0.717, 1.165) is 0 Å². The molecule has 0 radical (unpaired) electrons. The van der Waals surface area contributed by atoms with Crippen molar-refractivity contribution < 1.29 is 8.78 Å². The lowest BCUT2D eigenvalue weighted by molar-refractivity contribution is 0.151. The van der Waals surface area contributed by atoms with Gasteiger partial charge in [0.25, 0.3) is 6.43 Å². The molecule has 0 bridgehead atoms. The van der Waals surface area contributed by atoms with Crippen LogP contribution >= 0.6 is 0 Å². The van der Waals surface area contributed by atoms with E-state index in [4.69, 9.17) is 0 Å².